The van der Waals surface area contributed by atoms with Crippen LogP contribution in [0, 0.1) is 28.1 Å². The number of aliphatic hydroxyl groups is 1. The van der Waals surface area contributed by atoms with Crippen LogP contribution in [0.1, 0.15) is 65.0 Å². The number of methoxy groups -OCH3 is 1. The molecule has 0 amide bonds. The van der Waals surface area contributed by atoms with Crippen LogP contribution in [0.5, 0.6) is 0 Å². The highest BCUT2D eigenvalue weighted by molar-refractivity contribution is 5.97. The van der Waals surface area contributed by atoms with Gasteiger partial charge >= 0.3 is 17.9 Å². The molecule has 2 fully saturated rings. The van der Waals surface area contributed by atoms with Crippen LogP contribution < -0.4 is 0 Å². The van der Waals surface area contributed by atoms with Crippen molar-refractivity contribution in [3.63, 3.8) is 0 Å². The smallest absolute Gasteiger partial charge is 0.331 e. The summed E-state index contributed by atoms with van der Waals surface area (Å²) in [5, 5.41) is 12.5. The van der Waals surface area contributed by atoms with Gasteiger partial charge in [-0.3, -0.25) is 14.4 Å². The highest BCUT2D eigenvalue weighted by Crippen LogP contribution is 2.78. The highest BCUT2D eigenvalue weighted by atomic mass is 16.6. The van der Waals surface area contributed by atoms with Crippen LogP contribution in [0.3, 0.4) is 0 Å². The van der Waals surface area contributed by atoms with Gasteiger partial charge in [-0.15, -0.1) is 0 Å². The number of rotatable bonds is 4. The van der Waals surface area contributed by atoms with Crippen LogP contribution in [0.25, 0.3) is 0 Å². The normalized spacial score (nSPS) is 42.7. The number of ether oxygens (including phenoxy) is 3. The molecule has 9 nitrogen and oxygen atoms in total. The van der Waals surface area contributed by atoms with Crippen LogP contribution in [-0.2, 0) is 33.4 Å². The second-order valence-corrected chi connectivity index (χ2v) is 12.2. The van der Waals surface area contributed by atoms with Crippen molar-refractivity contribution in [3.05, 3.63) is 47.0 Å². The zero-order valence-corrected chi connectivity index (χ0v) is 22.2. The van der Waals surface area contributed by atoms with Crippen molar-refractivity contribution < 1.29 is 42.9 Å². The van der Waals surface area contributed by atoms with Gasteiger partial charge in [-0.1, -0.05) is 26.3 Å². The Morgan fingerprint density at radius 3 is 2.58 bits per heavy atom. The minimum atomic E-state index is -1.52. The molecule has 38 heavy (non-hydrogen) atoms. The summed E-state index contributed by atoms with van der Waals surface area (Å²) >= 11 is 0. The molecule has 2 bridgehead atoms. The van der Waals surface area contributed by atoms with E-state index in [1.54, 1.807) is 12.3 Å². The molecule has 0 spiro atoms. The van der Waals surface area contributed by atoms with Crippen molar-refractivity contribution in [1.29, 1.82) is 0 Å². The minimum Gasteiger partial charge on any atom is -0.472 e. The van der Waals surface area contributed by atoms with E-state index in [1.165, 1.54) is 26.4 Å². The topological polar surface area (TPSA) is 129 Å². The van der Waals surface area contributed by atoms with Gasteiger partial charge in [0, 0.05) is 41.2 Å². The first-order chi connectivity index (χ1) is 17.8. The predicted octanol–water partition coefficient (Wildman–Crippen LogP) is 3.37. The molecule has 202 valence electrons. The molecule has 1 N–H and O–H groups in total. The van der Waals surface area contributed by atoms with Gasteiger partial charge in [-0.05, 0) is 42.4 Å². The zero-order chi connectivity index (χ0) is 27.4. The summed E-state index contributed by atoms with van der Waals surface area (Å²) in [5.41, 5.74) is -1.26. The third-order valence-electron chi connectivity index (χ3n) is 10.5. The fourth-order valence-corrected chi connectivity index (χ4v) is 8.90. The number of ketones is 1. The standard InChI is InChI=1S/C29H32O9/c1-14(30)37-25-23(33)22-21-16(28(4)18(11-19(31)35-5)27(25,3)13-29(22,28)34)6-8-26(2)17(21)10-20(32)38-24(26)15-7-9-36-12-15/h7,9-10,12,18,22,24-25,34H,6,8,11,13H2,1-5H3/t18-,22-,24-,25+,26+,27-,28+,29-/m0/s1. The molecule has 2 saturated carbocycles. The van der Waals surface area contributed by atoms with E-state index in [1.807, 2.05) is 20.8 Å². The fourth-order valence-electron chi connectivity index (χ4n) is 8.90. The zero-order valence-electron chi connectivity index (χ0n) is 22.2. The van der Waals surface area contributed by atoms with Gasteiger partial charge in [-0.2, -0.15) is 0 Å². The number of furan rings is 1. The van der Waals surface area contributed by atoms with Crippen LogP contribution in [-0.4, -0.2) is 47.6 Å². The molecule has 0 saturated heterocycles. The second kappa shape index (κ2) is 7.68. The van der Waals surface area contributed by atoms with Crippen molar-refractivity contribution in [1.82, 2.24) is 0 Å². The first kappa shape index (κ1) is 25.1. The molecule has 1 aliphatic heterocycles. The summed E-state index contributed by atoms with van der Waals surface area (Å²) in [6.07, 6.45) is 4.00. The number of carbonyl (C=O) groups is 4. The van der Waals surface area contributed by atoms with Crippen molar-refractivity contribution >= 4 is 23.7 Å². The maximum atomic E-state index is 14.3. The van der Waals surface area contributed by atoms with Gasteiger partial charge in [0.1, 0.15) is 6.10 Å². The molecule has 6 rings (SSSR count). The lowest BCUT2D eigenvalue weighted by Gasteiger charge is -2.50. The Kier molecular flexibility index (Phi) is 5.07. The highest BCUT2D eigenvalue weighted by Gasteiger charge is 2.81. The van der Waals surface area contributed by atoms with Crippen LogP contribution in [0.2, 0.25) is 0 Å². The minimum absolute atomic E-state index is 0.0453. The molecule has 5 aliphatic rings. The van der Waals surface area contributed by atoms with Gasteiger partial charge < -0.3 is 23.7 Å². The Morgan fingerprint density at radius 2 is 1.95 bits per heavy atom. The number of esters is 3. The number of Topliss-reactive ketones (excluding diaryl/α,β-unsaturated/α-hetero) is 1. The molecule has 0 aromatic carbocycles. The molecule has 2 heterocycles. The molecular weight excluding hydrogens is 492 g/mol. The summed E-state index contributed by atoms with van der Waals surface area (Å²) in [6.45, 7) is 6.99. The second-order valence-electron chi connectivity index (χ2n) is 12.2. The maximum Gasteiger partial charge on any atom is 0.331 e. The SMILES string of the molecule is COC(=O)C[C@H]1[C@]2(C)C[C@]3(O)[C@H](C(=O)[C@H]2OC(C)=O)C2=C(CC[C@]4(C)C2=CC(=O)O[C@H]4c2ccoc2)[C@]13C. The maximum absolute atomic E-state index is 14.3. The number of carbonyl (C=O) groups excluding carboxylic acids is 4. The van der Waals surface area contributed by atoms with Crippen LogP contribution >= 0.6 is 0 Å². The summed E-state index contributed by atoms with van der Waals surface area (Å²) < 4.78 is 21.8. The average molecular weight is 525 g/mol. The van der Waals surface area contributed by atoms with E-state index < -0.39 is 69.6 Å². The van der Waals surface area contributed by atoms with E-state index in [9.17, 15) is 24.3 Å². The van der Waals surface area contributed by atoms with Gasteiger partial charge in [0.05, 0.1) is 31.2 Å². The average Bonchev–Trinajstić information content (AvgIpc) is 3.48. The van der Waals surface area contributed by atoms with Crippen LogP contribution in [0.4, 0.5) is 0 Å². The van der Waals surface area contributed by atoms with E-state index in [0.717, 1.165) is 5.57 Å². The van der Waals surface area contributed by atoms with E-state index in [0.29, 0.717) is 29.6 Å². The van der Waals surface area contributed by atoms with E-state index in [2.05, 4.69) is 0 Å². The lowest BCUT2D eigenvalue weighted by atomic mass is 9.56. The predicted molar refractivity (Wildman–Crippen MR) is 130 cm³/mol. The van der Waals surface area contributed by atoms with E-state index in [4.69, 9.17) is 18.6 Å². The van der Waals surface area contributed by atoms with Gasteiger partial charge in [0.15, 0.2) is 11.9 Å². The van der Waals surface area contributed by atoms with E-state index in [-0.39, 0.29) is 12.8 Å². The Bertz CT molecular complexity index is 1340. The van der Waals surface area contributed by atoms with Gasteiger partial charge in [0.25, 0.3) is 0 Å². The number of fused-ring (bicyclic) bond motifs is 5. The van der Waals surface area contributed by atoms with Crippen LogP contribution in [0.15, 0.2) is 45.8 Å². The van der Waals surface area contributed by atoms with Crippen molar-refractivity contribution in [2.45, 2.75) is 71.2 Å². The molecule has 9 heteroatoms. The number of cyclic esters (lactones) is 1. The molecule has 1 aromatic heterocycles. The monoisotopic (exact) mass is 524 g/mol. The van der Waals surface area contributed by atoms with Gasteiger partial charge in [0.2, 0.25) is 0 Å². The summed E-state index contributed by atoms with van der Waals surface area (Å²) in [6, 6.07) is 1.76. The molecule has 4 aliphatic carbocycles. The van der Waals surface area contributed by atoms with Crippen molar-refractivity contribution in [2.75, 3.05) is 7.11 Å². The number of hydrogen-bond acceptors (Lipinski definition) is 9. The summed E-state index contributed by atoms with van der Waals surface area (Å²) in [4.78, 5) is 52.1. The quantitative estimate of drug-likeness (QED) is 0.465. The molecule has 0 unspecified atom stereocenters. The Morgan fingerprint density at radius 1 is 1.21 bits per heavy atom. The van der Waals surface area contributed by atoms with Crippen molar-refractivity contribution in [2.24, 2.45) is 28.1 Å². The van der Waals surface area contributed by atoms with Gasteiger partial charge in [-0.25, -0.2) is 4.79 Å². The third kappa shape index (κ3) is 2.80. The Labute approximate surface area is 220 Å². The Hall–Kier alpha value is -3.20. The summed E-state index contributed by atoms with van der Waals surface area (Å²) in [5.74, 6) is -3.56. The molecule has 8 atom stereocenters. The lowest BCUT2D eigenvalue weighted by Crippen LogP contribution is -2.57. The fraction of sp³-hybridized carbons (Fsp3) is 0.586. The first-order valence-electron chi connectivity index (χ1n) is 13.0. The first-order valence-corrected chi connectivity index (χ1v) is 13.0. The largest absolute Gasteiger partial charge is 0.472 e. The number of hydrogen-bond donors (Lipinski definition) is 1. The molecule has 1 aromatic rings. The van der Waals surface area contributed by atoms with E-state index >= 15 is 0 Å². The third-order valence-corrected chi connectivity index (χ3v) is 10.5. The van der Waals surface area contributed by atoms with Crippen molar-refractivity contribution in [3.8, 4) is 0 Å². The lowest BCUT2D eigenvalue weighted by molar-refractivity contribution is -0.175. The molecular formula is C29H32O9. The Balaban J connectivity index is 1.59. The summed E-state index contributed by atoms with van der Waals surface area (Å²) in [7, 11) is 1.31. The molecule has 0 radical (unpaired) electrons.